The van der Waals surface area contributed by atoms with E-state index in [-0.39, 0.29) is 0 Å². The summed E-state index contributed by atoms with van der Waals surface area (Å²) in [6.07, 6.45) is 0. The third-order valence-corrected chi connectivity index (χ3v) is 3.64. The van der Waals surface area contributed by atoms with Gasteiger partial charge in [-0.3, -0.25) is 4.98 Å². The predicted octanol–water partition coefficient (Wildman–Crippen LogP) is 4.53. The summed E-state index contributed by atoms with van der Waals surface area (Å²) in [6, 6.07) is 16.6. The van der Waals surface area contributed by atoms with Crippen LogP contribution in [0.15, 0.2) is 48.5 Å². The second-order valence-electron chi connectivity index (χ2n) is 4.99. The largest absolute Gasteiger partial charge is 0.497 e. The van der Waals surface area contributed by atoms with Gasteiger partial charge in [0.1, 0.15) is 5.75 Å². The van der Waals surface area contributed by atoms with Crippen LogP contribution >= 0.6 is 0 Å². The Kier molecular flexibility index (Phi) is 3.15. The Bertz CT molecular complexity index is 777. The van der Waals surface area contributed by atoms with Crippen LogP contribution in [0.1, 0.15) is 11.3 Å². The van der Waals surface area contributed by atoms with Crippen LogP contribution in [0.2, 0.25) is 0 Å². The van der Waals surface area contributed by atoms with Crippen molar-refractivity contribution in [2.75, 3.05) is 7.11 Å². The van der Waals surface area contributed by atoms with E-state index in [1.165, 1.54) is 16.3 Å². The zero-order valence-corrected chi connectivity index (χ0v) is 12.0. The molecule has 2 aromatic carbocycles. The lowest BCUT2D eigenvalue weighted by Gasteiger charge is -2.10. The molecule has 0 amide bonds. The van der Waals surface area contributed by atoms with Gasteiger partial charge in [-0.25, -0.2) is 0 Å². The van der Waals surface area contributed by atoms with Crippen molar-refractivity contribution in [2.45, 2.75) is 13.8 Å². The standard InChI is InChI=1S/C18H17NO/c1-12-10-15(20-3)8-9-16(12)18-11-14-6-4-5-7-17(14)13(2)19-18/h4-11H,1-3H3. The fourth-order valence-electron chi connectivity index (χ4n) is 2.56. The fourth-order valence-corrected chi connectivity index (χ4v) is 2.56. The van der Waals surface area contributed by atoms with Crippen LogP contribution in [0.25, 0.3) is 22.0 Å². The molecule has 0 saturated heterocycles. The van der Waals surface area contributed by atoms with E-state index < -0.39 is 0 Å². The molecule has 2 heteroatoms. The second-order valence-corrected chi connectivity index (χ2v) is 4.99. The molecule has 20 heavy (non-hydrogen) atoms. The molecule has 0 saturated carbocycles. The third kappa shape index (κ3) is 2.14. The smallest absolute Gasteiger partial charge is 0.119 e. The van der Waals surface area contributed by atoms with Crippen molar-refractivity contribution < 1.29 is 4.74 Å². The Morgan fingerprint density at radius 2 is 1.75 bits per heavy atom. The van der Waals surface area contributed by atoms with Gasteiger partial charge in [-0.15, -0.1) is 0 Å². The van der Waals surface area contributed by atoms with Gasteiger partial charge >= 0.3 is 0 Å². The van der Waals surface area contributed by atoms with Gasteiger partial charge in [-0.05, 0) is 49.1 Å². The predicted molar refractivity (Wildman–Crippen MR) is 83.2 cm³/mol. The minimum absolute atomic E-state index is 0.878. The van der Waals surface area contributed by atoms with E-state index in [1.54, 1.807) is 7.11 Å². The molecule has 3 rings (SSSR count). The lowest BCUT2D eigenvalue weighted by molar-refractivity contribution is 0.414. The highest BCUT2D eigenvalue weighted by molar-refractivity contribution is 5.88. The van der Waals surface area contributed by atoms with E-state index in [9.17, 15) is 0 Å². The molecule has 0 radical (unpaired) electrons. The minimum Gasteiger partial charge on any atom is -0.497 e. The SMILES string of the molecule is COc1ccc(-c2cc3ccccc3c(C)n2)c(C)c1. The Hall–Kier alpha value is -2.35. The summed E-state index contributed by atoms with van der Waals surface area (Å²) < 4.78 is 5.26. The first-order valence-corrected chi connectivity index (χ1v) is 6.70. The highest BCUT2D eigenvalue weighted by Gasteiger charge is 2.07. The molecule has 3 aromatic rings. The maximum atomic E-state index is 5.26. The maximum absolute atomic E-state index is 5.26. The first-order chi connectivity index (χ1) is 9.69. The molecule has 0 unspecified atom stereocenters. The zero-order valence-electron chi connectivity index (χ0n) is 12.0. The first kappa shape index (κ1) is 12.7. The molecule has 0 atom stereocenters. The summed E-state index contributed by atoms with van der Waals surface area (Å²) in [4.78, 5) is 4.75. The number of aromatic nitrogens is 1. The normalized spacial score (nSPS) is 10.8. The van der Waals surface area contributed by atoms with Crippen molar-refractivity contribution in [1.82, 2.24) is 4.98 Å². The van der Waals surface area contributed by atoms with Crippen LogP contribution in [-0.4, -0.2) is 12.1 Å². The van der Waals surface area contributed by atoms with Gasteiger partial charge in [0, 0.05) is 16.6 Å². The Morgan fingerprint density at radius 3 is 2.50 bits per heavy atom. The van der Waals surface area contributed by atoms with E-state index in [0.717, 1.165) is 22.7 Å². The quantitative estimate of drug-likeness (QED) is 0.677. The summed E-state index contributed by atoms with van der Waals surface area (Å²) in [5, 5.41) is 2.44. The molecule has 0 N–H and O–H groups in total. The van der Waals surface area contributed by atoms with E-state index in [2.05, 4.69) is 50.2 Å². The maximum Gasteiger partial charge on any atom is 0.119 e. The summed E-state index contributed by atoms with van der Waals surface area (Å²) >= 11 is 0. The van der Waals surface area contributed by atoms with Gasteiger partial charge in [0.05, 0.1) is 12.8 Å². The molecule has 1 heterocycles. The van der Waals surface area contributed by atoms with Gasteiger partial charge in [-0.2, -0.15) is 0 Å². The number of pyridine rings is 1. The van der Waals surface area contributed by atoms with Crippen LogP contribution in [0, 0.1) is 13.8 Å². The molecule has 0 bridgehead atoms. The molecular weight excluding hydrogens is 246 g/mol. The highest BCUT2D eigenvalue weighted by Crippen LogP contribution is 2.28. The lowest BCUT2D eigenvalue weighted by Crippen LogP contribution is -1.92. The van der Waals surface area contributed by atoms with Gasteiger partial charge < -0.3 is 4.74 Å². The summed E-state index contributed by atoms with van der Waals surface area (Å²) in [5.74, 6) is 0.878. The molecule has 0 aliphatic carbocycles. The van der Waals surface area contributed by atoms with Gasteiger partial charge in [0.15, 0.2) is 0 Å². The van der Waals surface area contributed by atoms with Crippen LogP contribution in [0.4, 0.5) is 0 Å². The lowest BCUT2D eigenvalue weighted by atomic mass is 10.0. The van der Waals surface area contributed by atoms with E-state index in [1.807, 2.05) is 12.1 Å². The molecule has 0 spiro atoms. The number of rotatable bonds is 2. The van der Waals surface area contributed by atoms with Crippen LogP contribution in [0.3, 0.4) is 0 Å². The van der Waals surface area contributed by atoms with Crippen molar-refractivity contribution in [1.29, 1.82) is 0 Å². The Labute approximate surface area is 119 Å². The molecule has 2 nitrogen and oxygen atoms in total. The fraction of sp³-hybridized carbons (Fsp3) is 0.167. The zero-order chi connectivity index (χ0) is 14.1. The van der Waals surface area contributed by atoms with Crippen molar-refractivity contribution in [3.8, 4) is 17.0 Å². The highest BCUT2D eigenvalue weighted by atomic mass is 16.5. The summed E-state index contributed by atoms with van der Waals surface area (Å²) in [5.41, 5.74) is 4.40. The van der Waals surface area contributed by atoms with Crippen LogP contribution < -0.4 is 4.74 Å². The summed E-state index contributed by atoms with van der Waals surface area (Å²) in [6.45, 7) is 4.15. The average molecular weight is 263 g/mol. The molecule has 0 aliphatic heterocycles. The minimum atomic E-state index is 0.878. The molecule has 1 aromatic heterocycles. The summed E-state index contributed by atoms with van der Waals surface area (Å²) in [7, 11) is 1.69. The van der Waals surface area contributed by atoms with Gasteiger partial charge in [-0.1, -0.05) is 24.3 Å². The van der Waals surface area contributed by atoms with Crippen molar-refractivity contribution in [3.63, 3.8) is 0 Å². The molecule has 0 fully saturated rings. The average Bonchev–Trinajstić information content (AvgIpc) is 2.47. The van der Waals surface area contributed by atoms with E-state index >= 15 is 0 Å². The van der Waals surface area contributed by atoms with Crippen LogP contribution in [-0.2, 0) is 0 Å². The number of nitrogens with zero attached hydrogens (tertiary/aromatic N) is 1. The first-order valence-electron chi connectivity index (χ1n) is 6.70. The number of benzene rings is 2. The number of ether oxygens (including phenoxy) is 1. The van der Waals surface area contributed by atoms with E-state index in [4.69, 9.17) is 9.72 Å². The van der Waals surface area contributed by atoms with Gasteiger partial charge in [0.2, 0.25) is 0 Å². The molecule has 100 valence electrons. The number of hydrogen-bond acceptors (Lipinski definition) is 2. The topological polar surface area (TPSA) is 22.1 Å². The van der Waals surface area contributed by atoms with Gasteiger partial charge in [0.25, 0.3) is 0 Å². The Morgan fingerprint density at radius 1 is 0.950 bits per heavy atom. The number of methoxy groups -OCH3 is 1. The molecular formula is C18H17NO. The van der Waals surface area contributed by atoms with Crippen LogP contribution in [0.5, 0.6) is 5.75 Å². The second kappa shape index (κ2) is 4.97. The van der Waals surface area contributed by atoms with Crippen molar-refractivity contribution in [3.05, 3.63) is 59.8 Å². The van der Waals surface area contributed by atoms with Crippen molar-refractivity contribution in [2.24, 2.45) is 0 Å². The van der Waals surface area contributed by atoms with E-state index in [0.29, 0.717) is 0 Å². The number of fused-ring (bicyclic) bond motifs is 1. The third-order valence-electron chi connectivity index (χ3n) is 3.64. The number of hydrogen-bond donors (Lipinski definition) is 0. The number of aryl methyl sites for hydroxylation is 2. The monoisotopic (exact) mass is 263 g/mol. The Balaban J connectivity index is 2.19. The van der Waals surface area contributed by atoms with Crippen molar-refractivity contribution >= 4 is 10.8 Å². The molecule has 0 aliphatic rings.